The second kappa shape index (κ2) is 25.9. The van der Waals surface area contributed by atoms with Crippen LogP contribution in [0.15, 0.2) is 60.7 Å². The zero-order chi connectivity index (χ0) is 26.1. The van der Waals surface area contributed by atoms with Crippen LogP contribution in [0.2, 0.25) is 0 Å². The minimum atomic E-state index is -0.750. The predicted octanol–water partition coefficient (Wildman–Crippen LogP) is 4.58. The molecule has 0 heterocycles. The SMILES string of the molecule is O=C(O)CCSCCOCCOc1ccccc1.O=C(O)CCSCCOCCOc1ccccc1.[Zn]. The molecule has 2 N–H and O–H groups in total. The minimum absolute atomic E-state index is 0. The molecule has 0 saturated carbocycles. The Bertz CT molecular complexity index is 732. The maximum Gasteiger partial charge on any atom is 0.304 e. The van der Waals surface area contributed by atoms with Crippen LogP contribution in [0, 0.1) is 0 Å². The van der Waals surface area contributed by atoms with Gasteiger partial charge in [-0.15, -0.1) is 0 Å². The molecule has 2 rings (SSSR count). The van der Waals surface area contributed by atoms with Gasteiger partial charge in [-0.2, -0.15) is 23.5 Å². The van der Waals surface area contributed by atoms with Gasteiger partial charge in [-0.1, -0.05) is 36.4 Å². The summed E-state index contributed by atoms with van der Waals surface area (Å²) in [7, 11) is 0. The van der Waals surface area contributed by atoms with E-state index in [9.17, 15) is 9.59 Å². The number of aliphatic carboxylic acids is 2. The normalized spacial score (nSPS) is 9.95. The van der Waals surface area contributed by atoms with Gasteiger partial charge in [-0.25, -0.2) is 0 Å². The van der Waals surface area contributed by atoms with Crippen molar-refractivity contribution in [2.75, 3.05) is 62.7 Å². The summed E-state index contributed by atoms with van der Waals surface area (Å²) in [5.41, 5.74) is 0. The molecule has 8 nitrogen and oxygen atoms in total. The summed E-state index contributed by atoms with van der Waals surface area (Å²) in [6, 6.07) is 19.2. The Kier molecular flexibility index (Phi) is 24.6. The number of ether oxygens (including phenoxy) is 4. The first-order chi connectivity index (χ1) is 17.6. The van der Waals surface area contributed by atoms with Crippen molar-refractivity contribution in [3.63, 3.8) is 0 Å². The summed E-state index contributed by atoms with van der Waals surface area (Å²) in [6.45, 7) is 3.42. The van der Waals surface area contributed by atoms with E-state index in [1.807, 2.05) is 60.7 Å². The molecule has 0 saturated heterocycles. The van der Waals surface area contributed by atoms with Crippen molar-refractivity contribution < 1.29 is 58.2 Å². The average Bonchev–Trinajstić information content (AvgIpc) is 2.88. The molecule has 2 aromatic rings. The summed E-state index contributed by atoms with van der Waals surface area (Å²) < 4.78 is 21.6. The number of benzene rings is 2. The average molecular weight is 606 g/mol. The summed E-state index contributed by atoms with van der Waals surface area (Å²) in [4.78, 5) is 20.5. The van der Waals surface area contributed by atoms with Crippen molar-refractivity contribution in [3.05, 3.63) is 60.7 Å². The number of carboxylic acids is 2. The number of para-hydroxylation sites is 2. The number of rotatable bonds is 20. The van der Waals surface area contributed by atoms with E-state index in [4.69, 9.17) is 29.2 Å². The van der Waals surface area contributed by atoms with Gasteiger partial charge in [0.05, 0.1) is 39.3 Å². The molecule has 11 heteroatoms. The van der Waals surface area contributed by atoms with Gasteiger partial charge in [0.2, 0.25) is 0 Å². The van der Waals surface area contributed by atoms with Crippen LogP contribution in [-0.2, 0) is 38.5 Å². The number of hydrogen-bond acceptors (Lipinski definition) is 8. The smallest absolute Gasteiger partial charge is 0.304 e. The maximum absolute atomic E-state index is 10.2. The third-order valence-electron chi connectivity index (χ3n) is 4.14. The maximum atomic E-state index is 10.2. The van der Waals surface area contributed by atoms with Crippen molar-refractivity contribution in [1.29, 1.82) is 0 Å². The Morgan fingerprint density at radius 2 is 0.946 bits per heavy atom. The van der Waals surface area contributed by atoms with E-state index >= 15 is 0 Å². The quantitative estimate of drug-likeness (QED) is 0.164. The summed E-state index contributed by atoms with van der Waals surface area (Å²) >= 11 is 3.18. The van der Waals surface area contributed by atoms with E-state index in [1.165, 1.54) is 0 Å². The van der Waals surface area contributed by atoms with E-state index in [1.54, 1.807) is 23.5 Å². The van der Waals surface area contributed by atoms with Crippen LogP contribution in [0.3, 0.4) is 0 Å². The largest absolute Gasteiger partial charge is 0.491 e. The summed E-state index contributed by atoms with van der Waals surface area (Å²) in [5, 5.41) is 16.9. The first-order valence-corrected chi connectivity index (χ1v) is 14.0. The van der Waals surface area contributed by atoms with Gasteiger partial charge in [-0.3, -0.25) is 9.59 Å². The molecule has 0 spiro atoms. The van der Waals surface area contributed by atoms with Crippen LogP contribution in [0.1, 0.15) is 12.8 Å². The monoisotopic (exact) mass is 604 g/mol. The van der Waals surface area contributed by atoms with E-state index in [2.05, 4.69) is 0 Å². The number of thioether (sulfide) groups is 2. The van der Waals surface area contributed by atoms with Crippen LogP contribution >= 0.6 is 23.5 Å². The molecule has 0 aliphatic carbocycles. The van der Waals surface area contributed by atoms with E-state index in [-0.39, 0.29) is 32.3 Å². The zero-order valence-electron chi connectivity index (χ0n) is 21.1. The fraction of sp³-hybridized carbons (Fsp3) is 0.462. The van der Waals surface area contributed by atoms with Gasteiger partial charge in [0.25, 0.3) is 0 Å². The van der Waals surface area contributed by atoms with Crippen LogP contribution in [0.25, 0.3) is 0 Å². The standard InChI is InChI=1S/2C13H18O4S.Zn/c2*14-13(15)6-10-18-11-9-16-7-8-17-12-4-2-1-3-5-12;/h2*1-5H,6-11H2,(H,14,15);. The van der Waals surface area contributed by atoms with Gasteiger partial charge >= 0.3 is 11.9 Å². The van der Waals surface area contributed by atoms with Crippen LogP contribution in [0.4, 0.5) is 0 Å². The number of carboxylic acid groups (broad SMARTS) is 2. The first kappa shape index (κ1) is 35.2. The van der Waals surface area contributed by atoms with E-state index in [0.29, 0.717) is 51.1 Å². The Morgan fingerprint density at radius 1 is 0.568 bits per heavy atom. The molecule has 202 valence electrons. The molecule has 0 atom stereocenters. The third-order valence-corrected chi connectivity index (χ3v) is 6.04. The van der Waals surface area contributed by atoms with E-state index < -0.39 is 11.9 Å². The topological polar surface area (TPSA) is 112 Å². The Morgan fingerprint density at radius 3 is 1.30 bits per heavy atom. The fourth-order valence-electron chi connectivity index (χ4n) is 2.43. The van der Waals surface area contributed by atoms with Gasteiger partial charge in [0.15, 0.2) is 0 Å². The molecule has 0 unspecified atom stereocenters. The Hall–Kier alpha value is -1.78. The molecule has 37 heavy (non-hydrogen) atoms. The van der Waals surface area contributed by atoms with Crippen molar-refractivity contribution in [2.24, 2.45) is 0 Å². The van der Waals surface area contributed by atoms with Gasteiger partial charge in [-0.05, 0) is 24.3 Å². The zero-order valence-corrected chi connectivity index (χ0v) is 25.7. The molecular weight excluding hydrogens is 570 g/mol. The van der Waals surface area contributed by atoms with Gasteiger partial charge in [0, 0.05) is 42.5 Å². The number of carbonyl (C=O) groups is 2. The molecular formula is C26H36O8S2Zn. The molecule has 0 amide bonds. The third kappa shape index (κ3) is 24.3. The predicted molar refractivity (Wildman–Crippen MR) is 145 cm³/mol. The number of hydrogen-bond donors (Lipinski definition) is 2. The molecule has 0 aromatic heterocycles. The first-order valence-electron chi connectivity index (χ1n) is 11.7. The van der Waals surface area contributed by atoms with E-state index in [0.717, 1.165) is 23.0 Å². The molecule has 0 radical (unpaired) electrons. The fourth-order valence-corrected chi connectivity index (χ4v) is 3.95. The van der Waals surface area contributed by atoms with Crippen molar-refractivity contribution in [1.82, 2.24) is 0 Å². The second-order valence-electron chi connectivity index (χ2n) is 7.06. The molecule has 2 aromatic carbocycles. The summed E-state index contributed by atoms with van der Waals surface area (Å²) in [5.74, 6) is 3.10. The second-order valence-corrected chi connectivity index (χ2v) is 9.51. The molecule has 0 fully saturated rings. The van der Waals surface area contributed by atoms with Crippen molar-refractivity contribution >= 4 is 35.5 Å². The molecule has 0 aliphatic rings. The molecule has 0 aliphatic heterocycles. The van der Waals surface area contributed by atoms with Crippen molar-refractivity contribution in [2.45, 2.75) is 12.8 Å². The van der Waals surface area contributed by atoms with Crippen LogP contribution in [0.5, 0.6) is 11.5 Å². The van der Waals surface area contributed by atoms with Crippen molar-refractivity contribution in [3.8, 4) is 11.5 Å². The Balaban J connectivity index is 0.000000682. The minimum Gasteiger partial charge on any atom is -0.491 e. The van der Waals surface area contributed by atoms with Crippen LogP contribution < -0.4 is 9.47 Å². The van der Waals surface area contributed by atoms with Gasteiger partial charge in [0.1, 0.15) is 24.7 Å². The molecule has 0 bridgehead atoms. The van der Waals surface area contributed by atoms with Crippen LogP contribution in [-0.4, -0.2) is 84.8 Å². The Labute approximate surface area is 240 Å². The van der Waals surface area contributed by atoms with Gasteiger partial charge < -0.3 is 29.2 Å². The summed E-state index contributed by atoms with van der Waals surface area (Å²) in [6.07, 6.45) is 0.420.